The first-order valence-electron chi connectivity index (χ1n) is 9.11. The number of benzene rings is 1. The summed E-state index contributed by atoms with van der Waals surface area (Å²) in [5.74, 6) is -1.51. The van der Waals surface area contributed by atoms with Gasteiger partial charge in [0.15, 0.2) is 11.9 Å². The van der Waals surface area contributed by atoms with E-state index in [2.05, 4.69) is 19.7 Å². The molecular formula is C20H14F6N4O3. The monoisotopic (exact) mass is 472 g/mol. The highest BCUT2D eigenvalue weighted by molar-refractivity contribution is 5.93. The van der Waals surface area contributed by atoms with Gasteiger partial charge < -0.3 is 15.2 Å². The SMILES string of the molecule is O=C(NC[C@H](O)C(F)(F)F)c1cc(-c2ccc(OC(F)(F)F)cc2)nc(-c2cccnc2)n1. The Kier molecular flexibility index (Phi) is 6.81. The minimum absolute atomic E-state index is 0.00209. The number of pyridine rings is 1. The lowest BCUT2D eigenvalue weighted by atomic mass is 10.1. The molecule has 2 aromatic heterocycles. The lowest BCUT2D eigenvalue weighted by Crippen LogP contribution is -2.40. The molecule has 0 fully saturated rings. The van der Waals surface area contributed by atoms with E-state index in [0.29, 0.717) is 5.56 Å². The molecule has 0 unspecified atom stereocenters. The zero-order valence-electron chi connectivity index (χ0n) is 16.4. The molecule has 2 heterocycles. The van der Waals surface area contributed by atoms with Crippen molar-refractivity contribution in [2.45, 2.75) is 18.6 Å². The Balaban J connectivity index is 1.94. The van der Waals surface area contributed by atoms with E-state index < -0.39 is 36.8 Å². The summed E-state index contributed by atoms with van der Waals surface area (Å²) in [5.41, 5.74) is 0.426. The van der Waals surface area contributed by atoms with Crippen molar-refractivity contribution < 1.29 is 41.0 Å². The second kappa shape index (κ2) is 9.40. The molecule has 2 N–H and O–H groups in total. The minimum Gasteiger partial charge on any atom is -0.406 e. The van der Waals surface area contributed by atoms with Crippen LogP contribution < -0.4 is 10.1 Å². The Bertz CT molecular complexity index is 1110. The maximum Gasteiger partial charge on any atom is 0.573 e. The zero-order chi connectivity index (χ0) is 24.2. The van der Waals surface area contributed by atoms with Gasteiger partial charge in [0.05, 0.1) is 12.2 Å². The average Bonchev–Trinajstić information content (AvgIpc) is 2.76. The normalized spacial score (nSPS) is 12.8. The molecule has 1 aromatic carbocycles. The van der Waals surface area contributed by atoms with Crippen molar-refractivity contribution in [1.82, 2.24) is 20.3 Å². The summed E-state index contributed by atoms with van der Waals surface area (Å²) >= 11 is 0. The van der Waals surface area contributed by atoms with Gasteiger partial charge in [-0.15, -0.1) is 13.2 Å². The van der Waals surface area contributed by atoms with Gasteiger partial charge in [-0.25, -0.2) is 9.97 Å². The number of ether oxygens (including phenoxy) is 1. The molecule has 0 bridgehead atoms. The molecule has 0 spiro atoms. The molecule has 0 saturated carbocycles. The van der Waals surface area contributed by atoms with Gasteiger partial charge in [0.2, 0.25) is 0 Å². The number of nitrogens with one attached hydrogen (secondary N) is 1. The molecule has 3 rings (SSSR count). The molecule has 0 aliphatic carbocycles. The first-order valence-corrected chi connectivity index (χ1v) is 9.11. The maximum atomic E-state index is 12.5. The van der Waals surface area contributed by atoms with Crippen LogP contribution in [0.4, 0.5) is 26.3 Å². The number of carbonyl (C=O) groups is 1. The fourth-order valence-corrected chi connectivity index (χ4v) is 2.56. The first-order chi connectivity index (χ1) is 15.4. The molecule has 174 valence electrons. The van der Waals surface area contributed by atoms with E-state index in [1.165, 1.54) is 24.5 Å². The van der Waals surface area contributed by atoms with E-state index in [9.17, 15) is 31.1 Å². The van der Waals surface area contributed by atoms with Crippen LogP contribution in [0.1, 0.15) is 10.5 Å². The summed E-state index contributed by atoms with van der Waals surface area (Å²) in [6.45, 7) is -1.10. The largest absolute Gasteiger partial charge is 0.573 e. The molecule has 0 saturated heterocycles. The number of nitrogens with zero attached hydrogens (tertiary/aromatic N) is 3. The number of halogens is 6. The van der Waals surface area contributed by atoms with Crippen molar-refractivity contribution >= 4 is 5.91 Å². The van der Waals surface area contributed by atoms with Crippen LogP contribution in [0.15, 0.2) is 54.9 Å². The highest BCUT2D eigenvalue weighted by Gasteiger charge is 2.38. The fourth-order valence-electron chi connectivity index (χ4n) is 2.56. The second-order valence-corrected chi connectivity index (χ2v) is 6.54. The van der Waals surface area contributed by atoms with Crippen molar-refractivity contribution in [3.05, 3.63) is 60.6 Å². The smallest absolute Gasteiger partial charge is 0.406 e. The summed E-state index contributed by atoms with van der Waals surface area (Å²) in [6.07, 6.45) is -9.73. The van der Waals surface area contributed by atoms with Crippen molar-refractivity contribution in [3.8, 4) is 28.4 Å². The fraction of sp³-hybridized carbons (Fsp3) is 0.200. The number of rotatable bonds is 6. The average molecular weight is 472 g/mol. The van der Waals surface area contributed by atoms with Gasteiger partial charge >= 0.3 is 12.5 Å². The molecule has 33 heavy (non-hydrogen) atoms. The molecule has 7 nitrogen and oxygen atoms in total. The highest BCUT2D eigenvalue weighted by Crippen LogP contribution is 2.27. The van der Waals surface area contributed by atoms with E-state index in [1.807, 2.05) is 5.32 Å². The maximum absolute atomic E-state index is 12.5. The number of aliphatic hydroxyl groups excluding tert-OH is 1. The van der Waals surface area contributed by atoms with Gasteiger partial charge in [-0.05, 0) is 42.5 Å². The third kappa shape index (κ3) is 6.62. The van der Waals surface area contributed by atoms with E-state index in [1.54, 1.807) is 12.1 Å². The lowest BCUT2D eigenvalue weighted by molar-refractivity contribution is -0.274. The summed E-state index contributed by atoms with van der Waals surface area (Å²) in [7, 11) is 0. The molecule has 1 amide bonds. The molecule has 13 heteroatoms. The number of aromatic nitrogens is 3. The van der Waals surface area contributed by atoms with E-state index in [0.717, 1.165) is 18.2 Å². The second-order valence-electron chi connectivity index (χ2n) is 6.54. The van der Waals surface area contributed by atoms with Crippen molar-refractivity contribution in [3.63, 3.8) is 0 Å². The van der Waals surface area contributed by atoms with Crippen LogP contribution in [0, 0.1) is 0 Å². The van der Waals surface area contributed by atoms with Crippen LogP contribution >= 0.6 is 0 Å². The van der Waals surface area contributed by atoms with Gasteiger partial charge in [-0.1, -0.05) is 0 Å². The summed E-state index contributed by atoms with van der Waals surface area (Å²) in [4.78, 5) is 24.6. The van der Waals surface area contributed by atoms with Gasteiger partial charge in [0.1, 0.15) is 11.4 Å². The van der Waals surface area contributed by atoms with Crippen molar-refractivity contribution in [2.24, 2.45) is 0 Å². The van der Waals surface area contributed by atoms with Crippen LogP contribution in [0.25, 0.3) is 22.6 Å². The number of hydrogen-bond acceptors (Lipinski definition) is 6. The lowest BCUT2D eigenvalue weighted by Gasteiger charge is -2.15. The van der Waals surface area contributed by atoms with Gasteiger partial charge in [-0.3, -0.25) is 9.78 Å². The van der Waals surface area contributed by atoms with Crippen molar-refractivity contribution in [1.29, 1.82) is 0 Å². The first kappa shape index (κ1) is 23.9. The van der Waals surface area contributed by atoms with Crippen LogP contribution in [-0.4, -0.2) is 51.2 Å². The third-order valence-electron chi connectivity index (χ3n) is 4.10. The van der Waals surface area contributed by atoms with Gasteiger partial charge in [0.25, 0.3) is 5.91 Å². The molecule has 0 radical (unpaired) electrons. The summed E-state index contributed by atoms with van der Waals surface area (Å²) in [5, 5.41) is 11.0. The Morgan fingerprint density at radius 3 is 2.30 bits per heavy atom. The predicted molar refractivity (Wildman–Crippen MR) is 102 cm³/mol. The summed E-state index contributed by atoms with van der Waals surface area (Å²) in [6, 6.07) is 8.86. The Hall–Kier alpha value is -3.74. The van der Waals surface area contributed by atoms with Crippen LogP contribution in [0.5, 0.6) is 5.75 Å². The number of hydrogen-bond donors (Lipinski definition) is 2. The molecule has 0 aliphatic rings. The minimum atomic E-state index is -4.93. The zero-order valence-corrected chi connectivity index (χ0v) is 16.4. The van der Waals surface area contributed by atoms with Crippen LogP contribution in [0.2, 0.25) is 0 Å². The van der Waals surface area contributed by atoms with E-state index in [4.69, 9.17) is 5.11 Å². The van der Waals surface area contributed by atoms with E-state index in [-0.39, 0.29) is 22.8 Å². The number of carbonyl (C=O) groups excluding carboxylic acids is 1. The Morgan fingerprint density at radius 2 is 1.73 bits per heavy atom. The Labute approximate surface area is 182 Å². The Morgan fingerprint density at radius 1 is 1.03 bits per heavy atom. The standard InChI is InChI=1S/C20H14F6N4O3/c21-19(22,23)16(31)10-28-18(32)15-8-14(29-17(30-15)12-2-1-7-27-9-12)11-3-5-13(6-4-11)33-20(24,25)26/h1-9,16,31H,10H2,(H,28,32)/t16-/m0/s1. The molecular weight excluding hydrogens is 458 g/mol. The number of alkyl halides is 6. The quantitative estimate of drug-likeness (QED) is 0.531. The molecule has 3 aromatic rings. The van der Waals surface area contributed by atoms with Crippen LogP contribution in [0.3, 0.4) is 0 Å². The number of aliphatic hydroxyl groups is 1. The van der Waals surface area contributed by atoms with Gasteiger partial charge in [-0.2, -0.15) is 13.2 Å². The highest BCUT2D eigenvalue weighted by atomic mass is 19.4. The topological polar surface area (TPSA) is 97.2 Å². The predicted octanol–water partition coefficient (Wildman–Crippen LogP) is 3.76. The summed E-state index contributed by atoms with van der Waals surface area (Å²) < 4.78 is 78.4. The van der Waals surface area contributed by atoms with E-state index >= 15 is 0 Å². The van der Waals surface area contributed by atoms with Crippen molar-refractivity contribution in [2.75, 3.05) is 6.54 Å². The van der Waals surface area contributed by atoms with Gasteiger partial charge in [0, 0.05) is 23.5 Å². The molecule has 1 atom stereocenters. The number of amides is 1. The molecule has 0 aliphatic heterocycles. The van der Waals surface area contributed by atoms with Crippen LogP contribution in [-0.2, 0) is 0 Å². The third-order valence-corrected chi connectivity index (χ3v) is 4.10.